The molecule has 6 atom stereocenters. The number of halogens is 1. The molecule has 1 saturated heterocycles. The highest BCUT2D eigenvalue weighted by molar-refractivity contribution is 7.59. The number of hydrogen-bond acceptors (Lipinski definition) is 10. The monoisotopic (exact) mass is 596 g/mol. The van der Waals surface area contributed by atoms with Gasteiger partial charge in [0.05, 0.1) is 0 Å². The van der Waals surface area contributed by atoms with E-state index in [-0.39, 0.29) is 5.82 Å². The molecule has 3 aliphatic rings. The minimum absolute atomic E-state index is 0.0779. The van der Waals surface area contributed by atoms with E-state index >= 15 is 4.39 Å². The molecule has 0 bridgehead atoms. The number of aliphatic hydroxyl groups is 1. The Morgan fingerprint density at radius 1 is 1.37 bits per heavy atom. The first-order valence-corrected chi connectivity index (χ1v) is 15.2. The lowest BCUT2D eigenvalue weighted by Crippen LogP contribution is -2.51. The Hall–Kier alpha value is -2.60. The minimum atomic E-state index is -4.07. The van der Waals surface area contributed by atoms with E-state index in [1.54, 1.807) is 26.8 Å². The predicted octanol–water partition coefficient (Wildman–Crippen LogP) is 3.18. The fraction of sp³-hybridized carbons (Fsp3) is 0.571. The summed E-state index contributed by atoms with van der Waals surface area (Å²) in [6.07, 6.45) is 1.87. The van der Waals surface area contributed by atoms with Gasteiger partial charge >= 0.3 is 14.1 Å². The Morgan fingerprint density at radius 2 is 2.07 bits per heavy atom. The summed E-state index contributed by atoms with van der Waals surface area (Å²) in [7, 11) is -4.07. The van der Waals surface area contributed by atoms with Gasteiger partial charge in [0.25, 0.3) is 5.91 Å². The molecule has 0 saturated carbocycles. The Labute approximate surface area is 240 Å². The fourth-order valence-electron chi connectivity index (χ4n) is 4.97. The third-order valence-electron chi connectivity index (χ3n) is 7.04. The number of hydrogen-bond donors (Lipinski definition) is 4. The van der Waals surface area contributed by atoms with Gasteiger partial charge in [0.1, 0.15) is 36.3 Å². The number of benzene rings is 1. The number of rotatable bonds is 9. The summed E-state index contributed by atoms with van der Waals surface area (Å²) in [5.74, 6) is -0.572. The quantitative estimate of drug-likeness (QED) is 0.248. The molecule has 13 heteroatoms. The number of fused-ring (bicyclic) bond motifs is 1. The van der Waals surface area contributed by atoms with E-state index in [1.165, 1.54) is 24.1 Å². The van der Waals surface area contributed by atoms with Crippen molar-refractivity contribution in [2.45, 2.75) is 96.0 Å². The lowest BCUT2D eigenvalue weighted by molar-refractivity contribution is -0.156. The molecule has 41 heavy (non-hydrogen) atoms. The van der Waals surface area contributed by atoms with Crippen LogP contribution < -0.4 is 14.9 Å². The molecule has 0 spiro atoms. The average molecular weight is 597 g/mol. The van der Waals surface area contributed by atoms with Gasteiger partial charge in [-0.15, -0.1) is 0 Å². The third kappa shape index (κ3) is 7.25. The molecule has 0 aromatic heterocycles. The second-order valence-electron chi connectivity index (χ2n) is 11.7. The zero-order chi connectivity index (χ0) is 30.2. The van der Waals surface area contributed by atoms with Crippen molar-refractivity contribution >= 4 is 20.0 Å². The Balaban J connectivity index is 1.55. The maximum atomic E-state index is 15.8. The smallest absolute Gasteiger partial charge is 0.459 e. The van der Waals surface area contributed by atoms with Crippen LogP contribution in [0.15, 0.2) is 42.9 Å². The minimum Gasteiger partial charge on any atom is -0.459 e. The molecule has 1 aromatic carbocycles. The number of carbonyl (C=O) groups is 2. The zero-order valence-corrected chi connectivity index (χ0v) is 24.9. The molecule has 226 valence electrons. The zero-order valence-electron chi connectivity index (χ0n) is 24.1. The van der Waals surface area contributed by atoms with Crippen molar-refractivity contribution in [2.75, 3.05) is 6.61 Å². The number of alkyl halides is 1. The highest BCUT2D eigenvalue weighted by Gasteiger charge is 2.58. The van der Waals surface area contributed by atoms with Crippen LogP contribution in [0.1, 0.15) is 58.6 Å². The van der Waals surface area contributed by atoms with Crippen molar-refractivity contribution in [1.29, 1.82) is 0 Å². The van der Waals surface area contributed by atoms with E-state index < -0.39 is 62.3 Å². The summed E-state index contributed by atoms with van der Waals surface area (Å²) in [5, 5.41) is 16.1. The molecule has 4 rings (SSSR count). The second-order valence-corrected chi connectivity index (χ2v) is 13.4. The summed E-state index contributed by atoms with van der Waals surface area (Å²) in [6, 6.07) is 4.51. The van der Waals surface area contributed by atoms with Crippen molar-refractivity contribution in [1.82, 2.24) is 15.3 Å². The molecule has 0 radical (unpaired) electrons. The third-order valence-corrected chi connectivity index (χ3v) is 8.70. The summed E-state index contributed by atoms with van der Waals surface area (Å²) in [4.78, 5) is 37.3. The maximum absolute atomic E-state index is 15.8. The summed E-state index contributed by atoms with van der Waals surface area (Å²) in [6.45, 7) is 11.1. The van der Waals surface area contributed by atoms with Crippen molar-refractivity contribution in [2.24, 2.45) is 0 Å². The van der Waals surface area contributed by atoms with Gasteiger partial charge in [-0.2, -0.15) is 9.42 Å². The first-order valence-electron chi connectivity index (χ1n) is 13.7. The SMILES string of the molecule is C=C1NC(=O)C=CN1[C@@H]1O[C@H](CO[P+](O)(N[C@@H](C)C(=O)OC(C)(C)C)Oc2cccc3c2CCCC3)[C@@H](O)[C@@]1(C)F. The number of nitrogens with one attached hydrogen (secondary N) is 2. The number of ether oxygens (including phenoxy) is 2. The van der Waals surface area contributed by atoms with Crippen LogP contribution in [0.3, 0.4) is 0 Å². The predicted molar refractivity (Wildman–Crippen MR) is 150 cm³/mol. The molecule has 4 N–H and O–H groups in total. The van der Waals surface area contributed by atoms with Gasteiger partial charge in [-0.3, -0.25) is 14.1 Å². The molecule has 2 heterocycles. The average Bonchev–Trinajstić information content (AvgIpc) is 3.10. The summed E-state index contributed by atoms with van der Waals surface area (Å²) in [5.41, 5.74) is -1.03. The molecular weight excluding hydrogens is 556 g/mol. The van der Waals surface area contributed by atoms with Crippen molar-refractivity contribution in [3.63, 3.8) is 0 Å². The van der Waals surface area contributed by atoms with Gasteiger partial charge in [-0.25, -0.2) is 4.39 Å². The lowest BCUT2D eigenvalue weighted by Gasteiger charge is -2.35. The lowest BCUT2D eigenvalue weighted by atomic mass is 9.91. The van der Waals surface area contributed by atoms with E-state index in [0.717, 1.165) is 43.7 Å². The number of nitrogens with zero attached hydrogens (tertiary/aromatic N) is 1. The van der Waals surface area contributed by atoms with Crippen LogP contribution in [0.4, 0.5) is 4.39 Å². The van der Waals surface area contributed by atoms with Crippen LogP contribution in [0.25, 0.3) is 0 Å². The summed E-state index contributed by atoms with van der Waals surface area (Å²) < 4.78 is 39.0. The summed E-state index contributed by atoms with van der Waals surface area (Å²) >= 11 is 0. The van der Waals surface area contributed by atoms with Gasteiger partial charge < -0.3 is 24.8 Å². The highest BCUT2D eigenvalue weighted by atomic mass is 31.2. The van der Waals surface area contributed by atoms with Gasteiger partial charge in [0, 0.05) is 17.8 Å². The van der Waals surface area contributed by atoms with Gasteiger partial charge in [0.2, 0.25) is 0 Å². The maximum Gasteiger partial charge on any atom is 0.544 e. The number of esters is 1. The second kappa shape index (κ2) is 11.9. The Morgan fingerprint density at radius 3 is 2.76 bits per heavy atom. The largest absolute Gasteiger partial charge is 0.544 e. The van der Waals surface area contributed by atoms with E-state index in [1.807, 2.05) is 12.1 Å². The first-order chi connectivity index (χ1) is 19.1. The van der Waals surface area contributed by atoms with E-state index in [0.29, 0.717) is 5.75 Å². The normalized spacial score (nSPS) is 28.5. The van der Waals surface area contributed by atoms with Crippen molar-refractivity contribution < 1.29 is 42.5 Å². The molecule has 1 amide bonds. The molecule has 1 unspecified atom stereocenters. The Bertz CT molecular complexity index is 1210. The first kappa shape index (κ1) is 31.3. The van der Waals surface area contributed by atoms with Crippen LogP contribution in [-0.2, 0) is 36.4 Å². The van der Waals surface area contributed by atoms with Crippen LogP contribution in [0, 0.1) is 0 Å². The number of carbonyl (C=O) groups excluding carboxylic acids is 2. The van der Waals surface area contributed by atoms with E-state index in [9.17, 15) is 19.6 Å². The van der Waals surface area contributed by atoms with Gasteiger partial charge in [-0.1, -0.05) is 23.8 Å². The van der Waals surface area contributed by atoms with Crippen LogP contribution in [0.2, 0.25) is 0 Å². The number of aryl methyl sites for hydroxylation is 1. The molecule has 1 fully saturated rings. The van der Waals surface area contributed by atoms with Gasteiger partial charge in [0.15, 0.2) is 17.6 Å². The molecule has 11 nitrogen and oxygen atoms in total. The molecular formula is C28H40FN3O8P+. The highest BCUT2D eigenvalue weighted by Crippen LogP contribution is 2.55. The molecule has 1 aliphatic carbocycles. The van der Waals surface area contributed by atoms with E-state index in [2.05, 4.69) is 17.0 Å². The number of amides is 1. The van der Waals surface area contributed by atoms with Crippen molar-refractivity contribution in [3.05, 3.63) is 54.0 Å². The standard InChI is InChI=1S/C28H39FN3O8P/c1-17(25(35)39-27(3,4)5)31-41(36,40-21-13-9-11-19-10-7-8-12-20(19)21)37-16-22-24(34)28(6,29)26(38-22)32-15-14-23(33)30-18(32)2/h9,11,13-15,17,22,24,26,31,34,36H,2,7-8,10,12,16H2,1,3-6H3/p+1/t17-,22+,24+,26+,28+,41?/m0/s1. The molecule has 1 aromatic rings. The number of aliphatic hydroxyl groups excluding tert-OH is 1. The van der Waals surface area contributed by atoms with Gasteiger partial charge in [-0.05, 0) is 71.9 Å². The fourth-order valence-corrected chi connectivity index (χ4v) is 6.54. The van der Waals surface area contributed by atoms with Crippen LogP contribution in [0.5, 0.6) is 5.75 Å². The van der Waals surface area contributed by atoms with Crippen molar-refractivity contribution in [3.8, 4) is 5.75 Å². The topological polar surface area (TPSA) is 139 Å². The van der Waals surface area contributed by atoms with Crippen LogP contribution in [-0.4, -0.2) is 69.1 Å². The molecule has 2 aliphatic heterocycles. The Kier molecular flexibility index (Phi) is 9.13. The van der Waals surface area contributed by atoms with E-state index in [4.69, 9.17) is 18.5 Å². The van der Waals surface area contributed by atoms with Crippen LogP contribution >= 0.6 is 8.09 Å².